The van der Waals surface area contributed by atoms with Crippen molar-refractivity contribution < 1.29 is 9.85 Å². The Balaban J connectivity index is 1.80. The first-order valence-electron chi connectivity index (χ1n) is 12.3. The highest BCUT2D eigenvalue weighted by atomic mass is 16.6. The number of nitrogens with zero attached hydrogens (tertiary/aromatic N) is 6. The van der Waals surface area contributed by atoms with Crippen molar-refractivity contribution in [3.05, 3.63) is 136 Å². The summed E-state index contributed by atoms with van der Waals surface area (Å²) in [6.45, 7) is 3.60. The van der Waals surface area contributed by atoms with Gasteiger partial charge in [0.2, 0.25) is 0 Å². The molecule has 1 N–H and O–H groups in total. The third-order valence-electron chi connectivity index (χ3n) is 6.67. The Bertz CT molecular complexity index is 2020. The number of nitro benzene ring substituents is 2. The van der Waals surface area contributed by atoms with Gasteiger partial charge in [-0.25, -0.2) is 14.4 Å². The molecule has 0 radical (unpaired) electrons. The van der Waals surface area contributed by atoms with E-state index in [-0.39, 0.29) is 16.7 Å². The molecule has 2 aromatic heterocycles. The number of H-pyrrole nitrogens is 1. The first kappa shape index (κ1) is 26.7. The number of hydrogen-bond donors (Lipinski definition) is 1. The number of non-ortho nitro benzene ring substituents is 1. The smallest absolute Gasteiger partial charge is 0.283 e. The highest BCUT2D eigenvalue weighted by Crippen LogP contribution is 2.30. The average molecular weight is 554 g/mol. The zero-order chi connectivity index (χ0) is 29.4. The van der Waals surface area contributed by atoms with Crippen LogP contribution in [0, 0.1) is 34.1 Å². The number of rotatable bonds is 6. The molecule has 0 fully saturated rings. The zero-order valence-corrected chi connectivity index (χ0v) is 22.1. The van der Waals surface area contributed by atoms with Crippen molar-refractivity contribution in [3.63, 3.8) is 0 Å². The van der Waals surface area contributed by atoms with E-state index in [9.17, 15) is 29.8 Å². The lowest BCUT2D eigenvalue weighted by atomic mass is 10.1. The van der Waals surface area contributed by atoms with Crippen LogP contribution in [-0.4, -0.2) is 29.0 Å². The van der Waals surface area contributed by atoms with Crippen LogP contribution in [0.1, 0.15) is 11.3 Å². The molecular weight excluding hydrogens is 530 g/mol. The third kappa shape index (κ3) is 4.87. The molecule has 0 spiro atoms. The SMILES string of the molecule is Cc1ccc(-c2cc(=Nc3c(C)n(C)n(-c4ccccc4)c3=O)c(=O)[nH]n2-c2ccc([N+](=O)[O-])cc2[N+](=O)[O-])cc1. The molecule has 5 aromatic rings. The molecule has 13 heteroatoms. The van der Waals surface area contributed by atoms with Crippen LogP contribution in [0.25, 0.3) is 22.6 Å². The molecular formula is C28H23N7O6. The van der Waals surface area contributed by atoms with Crippen LogP contribution < -0.4 is 16.5 Å². The maximum absolute atomic E-state index is 13.4. The van der Waals surface area contributed by atoms with Gasteiger partial charge in [-0.15, -0.1) is 0 Å². The summed E-state index contributed by atoms with van der Waals surface area (Å²) in [5, 5.41) is 25.7. The Morgan fingerprint density at radius 2 is 1.54 bits per heavy atom. The molecule has 3 aromatic carbocycles. The van der Waals surface area contributed by atoms with Crippen LogP contribution in [0.4, 0.5) is 17.1 Å². The molecule has 0 saturated heterocycles. The maximum atomic E-state index is 13.4. The Morgan fingerprint density at radius 1 is 0.854 bits per heavy atom. The lowest BCUT2D eigenvalue weighted by Gasteiger charge is -2.14. The number of aromatic amines is 1. The summed E-state index contributed by atoms with van der Waals surface area (Å²) in [5.41, 5.74) is 0.698. The van der Waals surface area contributed by atoms with Crippen molar-refractivity contribution >= 4 is 17.1 Å². The van der Waals surface area contributed by atoms with Gasteiger partial charge in [-0.3, -0.25) is 39.6 Å². The number of aryl methyl sites for hydroxylation is 1. The van der Waals surface area contributed by atoms with Crippen LogP contribution in [-0.2, 0) is 7.05 Å². The molecule has 0 amide bonds. The largest absolute Gasteiger partial charge is 0.301 e. The summed E-state index contributed by atoms with van der Waals surface area (Å²) in [4.78, 5) is 52.9. The standard InChI is InChI=1S/C28H23N7O6/c1-17-9-11-19(12-10-17)24-16-22(29-26-18(2)31(3)33(28(26)37)20-7-5-4-6-8-20)27(36)30-32(24)23-14-13-21(34(38)39)15-25(23)35(40)41/h4-16H,1-3H3,(H,30,36). The third-order valence-corrected chi connectivity index (χ3v) is 6.67. The fourth-order valence-corrected chi connectivity index (χ4v) is 4.45. The number of nitrogens with one attached hydrogen (secondary N) is 1. The molecule has 2 heterocycles. The van der Waals surface area contributed by atoms with Crippen LogP contribution in [0.2, 0.25) is 0 Å². The van der Waals surface area contributed by atoms with Gasteiger partial charge < -0.3 is 0 Å². The predicted octanol–water partition coefficient (Wildman–Crippen LogP) is 3.99. The van der Waals surface area contributed by atoms with E-state index < -0.39 is 32.3 Å². The van der Waals surface area contributed by atoms with Crippen LogP contribution in [0.5, 0.6) is 0 Å². The number of nitro groups is 2. The maximum Gasteiger partial charge on any atom is 0.301 e. The molecule has 13 nitrogen and oxygen atoms in total. The summed E-state index contributed by atoms with van der Waals surface area (Å²) in [6.07, 6.45) is 0. The Morgan fingerprint density at radius 3 is 2.17 bits per heavy atom. The molecule has 0 unspecified atom stereocenters. The van der Waals surface area contributed by atoms with Gasteiger partial charge in [0.25, 0.3) is 16.8 Å². The minimum atomic E-state index is -0.760. The molecule has 0 saturated carbocycles. The molecule has 5 rings (SSSR count). The summed E-state index contributed by atoms with van der Waals surface area (Å²) in [5.74, 6) is 0. The normalized spacial score (nSPS) is 11.5. The van der Waals surface area contributed by atoms with Crippen molar-refractivity contribution in [2.24, 2.45) is 12.0 Å². The van der Waals surface area contributed by atoms with Crippen LogP contribution in [0.15, 0.2) is 93.4 Å². The van der Waals surface area contributed by atoms with Gasteiger partial charge in [-0.1, -0.05) is 48.0 Å². The van der Waals surface area contributed by atoms with E-state index in [1.807, 2.05) is 25.1 Å². The van der Waals surface area contributed by atoms with Crippen molar-refractivity contribution in [2.45, 2.75) is 13.8 Å². The second-order valence-electron chi connectivity index (χ2n) is 9.27. The summed E-state index contributed by atoms with van der Waals surface area (Å²) >= 11 is 0. The van der Waals surface area contributed by atoms with Crippen molar-refractivity contribution in [1.82, 2.24) is 19.1 Å². The second kappa shape index (κ2) is 10.4. The van der Waals surface area contributed by atoms with E-state index in [1.165, 1.54) is 21.5 Å². The molecule has 0 atom stereocenters. The van der Waals surface area contributed by atoms with Gasteiger partial charge in [-0.2, -0.15) is 0 Å². The van der Waals surface area contributed by atoms with E-state index in [4.69, 9.17) is 0 Å². The highest BCUT2D eigenvalue weighted by Gasteiger charge is 2.23. The van der Waals surface area contributed by atoms with Crippen molar-refractivity contribution in [2.75, 3.05) is 0 Å². The van der Waals surface area contributed by atoms with E-state index in [1.54, 1.807) is 55.1 Å². The highest BCUT2D eigenvalue weighted by molar-refractivity contribution is 5.66. The second-order valence-corrected chi connectivity index (χ2v) is 9.27. The number of benzene rings is 3. The van der Waals surface area contributed by atoms with Crippen molar-refractivity contribution in [3.8, 4) is 22.6 Å². The zero-order valence-electron chi connectivity index (χ0n) is 22.1. The van der Waals surface area contributed by atoms with Gasteiger partial charge in [0, 0.05) is 18.7 Å². The molecule has 206 valence electrons. The van der Waals surface area contributed by atoms with Gasteiger partial charge in [0.15, 0.2) is 5.69 Å². The molecule has 0 bridgehead atoms. The topological polar surface area (TPSA) is 163 Å². The predicted molar refractivity (Wildman–Crippen MR) is 151 cm³/mol. The van der Waals surface area contributed by atoms with Crippen LogP contribution >= 0.6 is 0 Å². The van der Waals surface area contributed by atoms with Gasteiger partial charge >= 0.3 is 5.69 Å². The summed E-state index contributed by atoms with van der Waals surface area (Å²) < 4.78 is 4.26. The Labute approximate surface area is 231 Å². The summed E-state index contributed by atoms with van der Waals surface area (Å²) in [7, 11) is 1.71. The lowest BCUT2D eigenvalue weighted by Crippen LogP contribution is -2.32. The molecule has 0 aliphatic carbocycles. The quantitative estimate of drug-likeness (QED) is 0.247. The molecule has 0 aliphatic heterocycles. The van der Waals surface area contributed by atoms with E-state index in [0.29, 0.717) is 22.6 Å². The van der Waals surface area contributed by atoms with E-state index in [2.05, 4.69) is 10.1 Å². The monoisotopic (exact) mass is 553 g/mol. The fourth-order valence-electron chi connectivity index (χ4n) is 4.45. The number of hydrogen-bond acceptors (Lipinski definition) is 7. The lowest BCUT2D eigenvalue weighted by molar-refractivity contribution is -0.394. The van der Waals surface area contributed by atoms with E-state index >= 15 is 0 Å². The number of para-hydroxylation sites is 1. The minimum absolute atomic E-state index is 0.0516. The fraction of sp³-hybridized carbons (Fsp3) is 0.107. The molecule has 0 aliphatic rings. The first-order valence-corrected chi connectivity index (χ1v) is 12.3. The average Bonchev–Trinajstić information content (AvgIpc) is 3.17. The first-order chi connectivity index (χ1) is 19.6. The van der Waals surface area contributed by atoms with Gasteiger partial charge in [-0.05, 0) is 38.1 Å². The Hall–Kier alpha value is -5.85. The van der Waals surface area contributed by atoms with Gasteiger partial charge in [0.1, 0.15) is 11.0 Å². The van der Waals surface area contributed by atoms with Gasteiger partial charge in [0.05, 0.1) is 33.0 Å². The minimum Gasteiger partial charge on any atom is -0.283 e. The number of aromatic nitrogens is 4. The summed E-state index contributed by atoms with van der Waals surface area (Å²) in [6, 6.07) is 20.7. The van der Waals surface area contributed by atoms with E-state index in [0.717, 1.165) is 17.7 Å². The Kier molecular flexibility index (Phi) is 6.77. The molecule has 41 heavy (non-hydrogen) atoms. The van der Waals surface area contributed by atoms with Crippen LogP contribution in [0.3, 0.4) is 0 Å². The van der Waals surface area contributed by atoms with Crippen molar-refractivity contribution in [1.29, 1.82) is 0 Å².